The number of hydrogen-bond acceptors (Lipinski definition) is 7. The van der Waals surface area contributed by atoms with Crippen molar-refractivity contribution in [3.63, 3.8) is 0 Å². The van der Waals surface area contributed by atoms with Crippen molar-refractivity contribution in [2.75, 3.05) is 13.2 Å². The Hall–Kier alpha value is -2.77. The number of hydrogen-bond donors (Lipinski definition) is 0. The topological polar surface area (TPSA) is 167 Å². The van der Waals surface area contributed by atoms with Crippen LogP contribution in [0, 0.1) is 0 Å². The first kappa shape index (κ1) is 17.2. The molecule has 0 aliphatic heterocycles. The first-order chi connectivity index (χ1) is 9.53. The summed E-state index contributed by atoms with van der Waals surface area (Å²) in [6, 6.07) is -3.83. The molecule has 0 N–H and O–H groups in total. The second kappa shape index (κ2) is 9.20. The van der Waals surface area contributed by atoms with Gasteiger partial charge in [0.15, 0.2) is 17.9 Å². The van der Waals surface area contributed by atoms with Crippen LogP contribution in [0.4, 0.5) is 0 Å². The Balaban J connectivity index is 5.36. The van der Waals surface area contributed by atoms with E-state index in [1.807, 2.05) is 0 Å². The van der Waals surface area contributed by atoms with Crippen molar-refractivity contribution in [2.24, 2.45) is 10.2 Å². The smallest absolute Gasteiger partial charge is 0.322 e. The molecule has 0 saturated heterocycles. The van der Waals surface area contributed by atoms with Crippen molar-refractivity contribution in [3.8, 4) is 0 Å². The highest BCUT2D eigenvalue weighted by atomic mass is 16.5. The summed E-state index contributed by atoms with van der Waals surface area (Å²) >= 11 is 0. The van der Waals surface area contributed by atoms with Gasteiger partial charge in [0.1, 0.15) is 0 Å². The number of carbonyl (C=O) groups is 3. The SMILES string of the molecule is CCOC(=O)C(N=[N+]=[N-])C(=O)C(N=[N+]=[N-])C(=O)OCC. The predicted octanol–water partition coefficient (Wildman–Crippen LogP) is 1.04. The average molecular weight is 284 g/mol. The number of azide groups is 2. The van der Waals surface area contributed by atoms with Crippen LogP contribution in [0.1, 0.15) is 13.8 Å². The second-order valence-corrected chi connectivity index (χ2v) is 3.12. The van der Waals surface area contributed by atoms with Crippen LogP contribution in [0.3, 0.4) is 0 Å². The molecule has 0 aliphatic carbocycles. The summed E-state index contributed by atoms with van der Waals surface area (Å²) in [6.07, 6.45) is 0. The minimum absolute atomic E-state index is 0.0604. The average Bonchev–Trinajstić information content (AvgIpc) is 2.41. The largest absolute Gasteiger partial charge is 0.465 e. The highest BCUT2D eigenvalue weighted by Crippen LogP contribution is 2.07. The molecule has 20 heavy (non-hydrogen) atoms. The summed E-state index contributed by atoms with van der Waals surface area (Å²) in [7, 11) is 0. The molecule has 0 saturated carbocycles. The van der Waals surface area contributed by atoms with Crippen LogP contribution in [0.15, 0.2) is 10.2 Å². The Kier molecular flexibility index (Phi) is 7.92. The highest BCUT2D eigenvalue weighted by molar-refractivity contribution is 6.14. The minimum atomic E-state index is -1.92. The summed E-state index contributed by atoms with van der Waals surface area (Å²) < 4.78 is 9.07. The summed E-state index contributed by atoms with van der Waals surface area (Å²) in [5, 5.41) is 5.91. The van der Waals surface area contributed by atoms with Gasteiger partial charge in [-0.1, -0.05) is 10.2 Å². The van der Waals surface area contributed by atoms with Crippen LogP contribution in [0.5, 0.6) is 0 Å². The summed E-state index contributed by atoms with van der Waals surface area (Å²) in [5.74, 6) is -3.49. The molecule has 0 aromatic rings. The fourth-order valence-electron chi connectivity index (χ4n) is 1.14. The molecule has 0 rings (SSSR count). The van der Waals surface area contributed by atoms with Gasteiger partial charge in [-0.05, 0) is 24.9 Å². The van der Waals surface area contributed by atoms with E-state index in [0.717, 1.165) is 0 Å². The Morgan fingerprint density at radius 1 is 0.950 bits per heavy atom. The standard InChI is InChI=1S/C9H12N6O5/c1-3-19-8(17)5(12-14-10)7(16)6(13-15-11)9(18)20-4-2/h5-6H,3-4H2,1-2H3. The minimum Gasteiger partial charge on any atom is -0.465 e. The fraction of sp³-hybridized carbons (Fsp3) is 0.667. The summed E-state index contributed by atoms with van der Waals surface area (Å²) in [6.45, 7) is 2.84. The molecule has 0 amide bonds. The molecule has 0 aromatic carbocycles. The number of ether oxygens (including phenoxy) is 2. The van der Waals surface area contributed by atoms with Gasteiger partial charge in [-0.15, -0.1) is 0 Å². The molecule has 0 heterocycles. The molecule has 11 nitrogen and oxygen atoms in total. The molecule has 0 radical (unpaired) electrons. The van der Waals surface area contributed by atoms with Crippen molar-refractivity contribution in [3.05, 3.63) is 20.9 Å². The van der Waals surface area contributed by atoms with E-state index in [2.05, 4.69) is 29.5 Å². The van der Waals surface area contributed by atoms with Gasteiger partial charge in [-0.2, -0.15) is 0 Å². The van der Waals surface area contributed by atoms with E-state index < -0.39 is 29.8 Å². The van der Waals surface area contributed by atoms with Crippen LogP contribution in [-0.4, -0.2) is 43.0 Å². The molecule has 0 aliphatic rings. The summed E-state index contributed by atoms with van der Waals surface area (Å²) in [5.41, 5.74) is 16.7. The van der Waals surface area contributed by atoms with Crippen LogP contribution >= 0.6 is 0 Å². The van der Waals surface area contributed by atoms with Crippen LogP contribution in [0.2, 0.25) is 0 Å². The third-order valence-electron chi connectivity index (χ3n) is 1.89. The van der Waals surface area contributed by atoms with E-state index in [1.165, 1.54) is 13.8 Å². The van der Waals surface area contributed by atoms with Crippen molar-refractivity contribution in [1.82, 2.24) is 0 Å². The molecule has 0 bridgehead atoms. The lowest BCUT2D eigenvalue weighted by Crippen LogP contribution is -2.41. The van der Waals surface area contributed by atoms with E-state index in [4.69, 9.17) is 11.1 Å². The lowest BCUT2D eigenvalue weighted by molar-refractivity contribution is -0.151. The van der Waals surface area contributed by atoms with Gasteiger partial charge >= 0.3 is 11.9 Å². The number of Topliss-reactive ketones (excluding diaryl/α,β-unsaturated/α-hetero) is 1. The van der Waals surface area contributed by atoms with Gasteiger partial charge in [0, 0.05) is 9.82 Å². The normalized spacial score (nSPS) is 12.1. The lowest BCUT2D eigenvalue weighted by atomic mass is 10.1. The molecule has 11 heteroatoms. The number of carbonyl (C=O) groups excluding carboxylic acids is 3. The molecule has 108 valence electrons. The third-order valence-corrected chi connectivity index (χ3v) is 1.89. The third kappa shape index (κ3) is 4.84. The number of esters is 2. The van der Waals surface area contributed by atoms with E-state index in [1.54, 1.807) is 0 Å². The molecular formula is C9H12N6O5. The van der Waals surface area contributed by atoms with Gasteiger partial charge in [-0.25, -0.2) is 0 Å². The second-order valence-electron chi connectivity index (χ2n) is 3.12. The zero-order chi connectivity index (χ0) is 15.5. The van der Waals surface area contributed by atoms with Gasteiger partial charge in [0.2, 0.25) is 0 Å². The molecule has 0 spiro atoms. The first-order valence-corrected chi connectivity index (χ1v) is 5.48. The number of nitrogens with zero attached hydrogens (tertiary/aromatic N) is 6. The van der Waals surface area contributed by atoms with Crippen LogP contribution in [0.25, 0.3) is 20.9 Å². The molecule has 2 atom stereocenters. The number of rotatable bonds is 8. The van der Waals surface area contributed by atoms with Gasteiger partial charge in [-0.3, -0.25) is 14.4 Å². The van der Waals surface area contributed by atoms with E-state index in [0.29, 0.717) is 0 Å². The van der Waals surface area contributed by atoms with E-state index in [-0.39, 0.29) is 13.2 Å². The number of ketones is 1. The van der Waals surface area contributed by atoms with Crippen LogP contribution < -0.4 is 0 Å². The maximum Gasteiger partial charge on any atom is 0.322 e. The Bertz CT molecular complexity index is 437. The fourth-order valence-corrected chi connectivity index (χ4v) is 1.14. The van der Waals surface area contributed by atoms with Gasteiger partial charge in [0.05, 0.1) is 13.2 Å². The molecule has 2 unspecified atom stereocenters. The van der Waals surface area contributed by atoms with Crippen molar-refractivity contribution >= 4 is 17.7 Å². The Morgan fingerprint density at radius 2 is 1.30 bits per heavy atom. The quantitative estimate of drug-likeness (QED) is 0.213. The zero-order valence-corrected chi connectivity index (χ0v) is 10.8. The lowest BCUT2D eigenvalue weighted by Gasteiger charge is -2.13. The molecular weight excluding hydrogens is 272 g/mol. The van der Waals surface area contributed by atoms with Gasteiger partial charge in [0.25, 0.3) is 0 Å². The Labute approximate surface area is 113 Å². The molecule has 0 fully saturated rings. The van der Waals surface area contributed by atoms with Crippen molar-refractivity contribution in [1.29, 1.82) is 0 Å². The Morgan fingerprint density at radius 3 is 1.55 bits per heavy atom. The predicted molar refractivity (Wildman–Crippen MR) is 64.1 cm³/mol. The van der Waals surface area contributed by atoms with Crippen molar-refractivity contribution < 1.29 is 23.9 Å². The zero-order valence-electron chi connectivity index (χ0n) is 10.8. The molecule has 0 aromatic heterocycles. The first-order valence-electron chi connectivity index (χ1n) is 5.48. The van der Waals surface area contributed by atoms with E-state index >= 15 is 0 Å². The van der Waals surface area contributed by atoms with Gasteiger partial charge < -0.3 is 9.47 Å². The summed E-state index contributed by atoms with van der Waals surface area (Å²) in [4.78, 5) is 39.5. The highest BCUT2D eigenvalue weighted by Gasteiger charge is 2.37. The van der Waals surface area contributed by atoms with Crippen LogP contribution in [-0.2, 0) is 23.9 Å². The van der Waals surface area contributed by atoms with Crippen molar-refractivity contribution in [2.45, 2.75) is 25.9 Å². The monoisotopic (exact) mass is 284 g/mol. The van der Waals surface area contributed by atoms with E-state index in [9.17, 15) is 14.4 Å². The maximum absolute atomic E-state index is 11.9. The maximum atomic E-state index is 11.9.